The minimum Gasteiger partial charge on any atom is -0.484 e. The van der Waals surface area contributed by atoms with E-state index in [1.807, 2.05) is 48.5 Å². The van der Waals surface area contributed by atoms with Crippen LogP contribution in [0.15, 0.2) is 88.4 Å². The van der Waals surface area contributed by atoms with Crippen LogP contribution in [0.5, 0.6) is 5.75 Å². The first-order valence-electron chi connectivity index (χ1n) is 10.9. The van der Waals surface area contributed by atoms with Gasteiger partial charge in [0, 0.05) is 38.4 Å². The van der Waals surface area contributed by atoms with E-state index in [-0.39, 0.29) is 17.9 Å². The maximum atomic E-state index is 12.9. The Kier molecular flexibility index (Phi) is 5.76. The molecule has 4 aromatic rings. The van der Waals surface area contributed by atoms with Crippen molar-refractivity contribution in [3.05, 3.63) is 89.4 Å². The van der Waals surface area contributed by atoms with Gasteiger partial charge >= 0.3 is 0 Å². The normalized spacial score (nSPS) is 13.8. The lowest BCUT2D eigenvalue weighted by atomic mass is 10.1. The Morgan fingerprint density at radius 2 is 1.76 bits per heavy atom. The first-order valence-corrected chi connectivity index (χ1v) is 10.9. The van der Waals surface area contributed by atoms with Crippen molar-refractivity contribution in [2.45, 2.75) is 0 Å². The average molecular weight is 441 g/mol. The van der Waals surface area contributed by atoms with Crippen LogP contribution in [0, 0.1) is 0 Å². The van der Waals surface area contributed by atoms with Gasteiger partial charge in [0.1, 0.15) is 23.4 Å². The number of ether oxygens (including phenoxy) is 1. The topological polar surface area (TPSA) is 75.9 Å². The van der Waals surface area contributed by atoms with Crippen molar-refractivity contribution >= 4 is 22.7 Å². The standard InChI is InChI=1S/C26H23N3O4/c30-25(29-14-12-28(13-15-29)24-8-4-5-11-27-24)18-32-20-9-10-21-23(16-20)33-17-22(26(21)31)19-6-2-1-3-7-19/h1-11,16-17H,12-15,18H2. The van der Waals surface area contributed by atoms with Crippen molar-refractivity contribution in [2.75, 3.05) is 37.7 Å². The number of anilines is 1. The Morgan fingerprint density at radius 1 is 0.970 bits per heavy atom. The maximum Gasteiger partial charge on any atom is 0.260 e. The van der Waals surface area contributed by atoms with Gasteiger partial charge in [0.15, 0.2) is 12.0 Å². The molecular formula is C26H23N3O4. The van der Waals surface area contributed by atoms with Crippen LogP contribution in [-0.2, 0) is 4.79 Å². The molecule has 2 aromatic heterocycles. The van der Waals surface area contributed by atoms with Crippen LogP contribution in [0.1, 0.15) is 0 Å². The summed E-state index contributed by atoms with van der Waals surface area (Å²) in [5, 5.41) is 0.473. The van der Waals surface area contributed by atoms with Gasteiger partial charge in [0.2, 0.25) is 0 Å². The number of aromatic nitrogens is 1. The van der Waals surface area contributed by atoms with Gasteiger partial charge in [-0.25, -0.2) is 4.98 Å². The second-order valence-corrected chi connectivity index (χ2v) is 7.85. The highest BCUT2D eigenvalue weighted by molar-refractivity contribution is 5.83. The number of rotatable bonds is 5. The summed E-state index contributed by atoms with van der Waals surface area (Å²) in [5.74, 6) is 1.34. The monoisotopic (exact) mass is 441 g/mol. The summed E-state index contributed by atoms with van der Waals surface area (Å²) in [6.45, 7) is 2.63. The van der Waals surface area contributed by atoms with Crippen LogP contribution >= 0.6 is 0 Å². The van der Waals surface area contributed by atoms with Gasteiger partial charge in [0.05, 0.1) is 10.9 Å². The predicted octanol–water partition coefficient (Wildman–Crippen LogP) is 3.58. The number of amides is 1. The third-order valence-electron chi connectivity index (χ3n) is 5.80. The Balaban J connectivity index is 1.22. The molecule has 5 rings (SSSR count). The molecule has 33 heavy (non-hydrogen) atoms. The summed E-state index contributed by atoms with van der Waals surface area (Å²) in [5.41, 5.74) is 1.64. The molecule has 0 saturated carbocycles. The molecule has 1 saturated heterocycles. The summed E-state index contributed by atoms with van der Waals surface area (Å²) < 4.78 is 11.4. The number of hydrogen-bond donors (Lipinski definition) is 0. The molecular weight excluding hydrogens is 418 g/mol. The average Bonchev–Trinajstić information content (AvgIpc) is 2.88. The van der Waals surface area contributed by atoms with Crippen molar-refractivity contribution in [3.8, 4) is 16.9 Å². The molecule has 1 fully saturated rings. The molecule has 7 heteroatoms. The number of carbonyl (C=O) groups is 1. The van der Waals surface area contributed by atoms with Crippen molar-refractivity contribution in [2.24, 2.45) is 0 Å². The number of hydrogen-bond acceptors (Lipinski definition) is 6. The minimum absolute atomic E-state index is 0.0680. The Hall–Kier alpha value is -4.13. The highest BCUT2D eigenvalue weighted by atomic mass is 16.5. The van der Waals surface area contributed by atoms with E-state index in [2.05, 4.69) is 9.88 Å². The van der Waals surface area contributed by atoms with Crippen LogP contribution in [0.25, 0.3) is 22.1 Å². The van der Waals surface area contributed by atoms with Crippen LogP contribution in [0.3, 0.4) is 0 Å². The molecule has 0 bridgehead atoms. The fraction of sp³-hybridized carbons (Fsp3) is 0.192. The van der Waals surface area contributed by atoms with Crippen molar-refractivity contribution in [1.29, 1.82) is 0 Å². The van der Waals surface area contributed by atoms with Gasteiger partial charge in [-0.05, 0) is 29.8 Å². The predicted molar refractivity (Wildman–Crippen MR) is 126 cm³/mol. The summed E-state index contributed by atoms with van der Waals surface area (Å²) in [6, 6.07) is 20.3. The maximum absolute atomic E-state index is 12.9. The first-order chi connectivity index (χ1) is 16.2. The van der Waals surface area contributed by atoms with Crippen LogP contribution in [-0.4, -0.2) is 48.6 Å². The first kappa shape index (κ1) is 20.8. The van der Waals surface area contributed by atoms with Gasteiger partial charge in [-0.1, -0.05) is 36.4 Å². The quantitative estimate of drug-likeness (QED) is 0.471. The molecule has 7 nitrogen and oxygen atoms in total. The third-order valence-corrected chi connectivity index (χ3v) is 5.80. The van der Waals surface area contributed by atoms with Crippen molar-refractivity contribution in [1.82, 2.24) is 9.88 Å². The summed E-state index contributed by atoms with van der Waals surface area (Å²) in [7, 11) is 0. The zero-order chi connectivity index (χ0) is 22.6. The highest BCUT2D eigenvalue weighted by Crippen LogP contribution is 2.23. The molecule has 1 amide bonds. The molecule has 3 heterocycles. The van der Waals surface area contributed by atoms with Crippen LogP contribution in [0.4, 0.5) is 5.82 Å². The number of benzene rings is 2. The molecule has 1 aliphatic rings. The number of fused-ring (bicyclic) bond motifs is 1. The van der Waals surface area contributed by atoms with Crippen LogP contribution < -0.4 is 15.1 Å². The molecule has 0 aliphatic carbocycles. The SMILES string of the molecule is O=C(COc1ccc2c(=O)c(-c3ccccc3)coc2c1)N1CCN(c2ccccn2)CC1. The minimum atomic E-state index is -0.101. The van der Waals surface area contributed by atoms with E-state index in [0.717, 1.165) is 24.5 Å². The van der Waals surface area contributed by atoms with Gasteiger partial charge in [-0.2, -0.15) is 0 Å². The third kappa shape index (κ3) is 4.43. The fourth-order valence-corrected chi connectivity index (χ4v) is 3.98. The largest absolute Gasteiger partial charge is 0.484 e. The van der Waals surface area contributed by atoms with Gasteiger partial charge in [-0.15, -0.1) is 0 Å². The second-order valence-electron chi connectivity index (χ2n) is 7.85. The molecule has 166 valence electrons. The molecule has 0 atom stereocenters. The molecule has 0 radical (unpaired) electrons. The molecule has 0 unspecified atom stereocenters. The van der Waals surface area contributed by atoms with E-state index in [9.17, 15) is 9.59 Å². The van der Waals surface area contributed by atoms with E-state index in [1.165, 1.54) is 6.26 Å². The molecule has 2 aromatic carbocycles. The Bertz CT molecular complexity index is 1310. The number of piperazine rings is 1. The lowest BCUT2D eigenvalue weighted by Gasteiger charge is -2.35. The van der Waals surface area contributed by atoms with E-state index >= 15 is 0 Å². The van der Waals surface area contributed by atoms with Crippen molar-refractivity contribution < 1.29 is 13.9 Å². The van der Waals surface area contributed by atoms with Crippen LogP contribution in [0.2, 0.25) is 0 Å². The smallest absolute Gasteiger partial charge is 0.260 e. The molecule has 0 spiro atoms. The van der Waals surface area contributed by atoms with E-state index in [4.69, 9.17) is 9.15 Å². The summed E-state index contributed by atoms with van der Waals surface area (Å²) in [4.78, 5) is 33.8. The van der Waals surface area contributed by atoms with E-state index in [0.29, 0.717) is 35.4 Å². The van der Waals surface area contributed by atoms with Gasteiger partial charge < -0.3 is 19.0 Å². The molecule has 0 N–H and O–H groups in total. The van der Waals surface area contributed by atoms with Gasteiger partial charge in [0.25, 0.3) is 5.91 Å². The second kappa shape index (κ2) is 9.16. The number of nitrogens with zero attached hydrogens (tertiary/aromatic N) is 3. The number of carbonyl (C=O) groups excluding carboxylic acids is 1. The number of pyridine rings is 1. The lowest BCUT2D eigenvalue weighted by molar-refractivity contribution is -0.133. The highest BCUT2D eigenvalue weighted by Gasteiger charge is 2.22. The summed E-state index contributed by atoms with van der Waals surface area (Å²) >= 11 is 0. The lowest BCUT2D eigenvalue weighted by Crippen LogP contribution is -2.50. The zero-order valence-corrected chi connectivity index (χ0v) is 18.0. The van der Waals surface area contributed by atoms with Crippen molar-refractivity contribution in [3.63, 3.8) is 0 Å². The summed E-state index contributed by atoms with van der Waals surface area (Å²) in [6.07, 6.45) is 3.24. The Labute approximate surface area is 190 Å². The van der Waals surface area contributed by atoms with E-state index < -0.39 is 0 Å². The van der Waals surface area contributed by atoms with E-state index in [1.54, 1.807) is 29.3 Å². The Morgan fingerprint density at radius 3 is 2.52 bits per heavy atom. The zero-order valence-electron chi connectivity index (χ0n) is 18.0. The molecule has 1 aliphatic heterocycles. The van der Waals surface area contributed by atoms with Gasteiger partial charge in [-0.3, -0.25) is 9.59 Å². The fourth-order valence-electron chi connectivity index (χ4n) is 3.98.